The molecule has 0 aliphatic heterocycles. The van der Waals surface area contributed by atoms with E-state index in [-0.39, 0.29) is 12.2 Å². The lowest BCUT2D eigenvalue weighted by Crippen LogP contribution is -2.49. The number of hydrogen-bond donors (Lipinski definition) is 1. The minimum absolute atomic E-state index is 0.150. The van der Waals surface area contributed by atoms with Gasteiger partial charge in [-0.05, 0) is 47.3 Å². The van der Waals surface area contributed by atoms with Gasteiger partial charge in [0.15, 0.2) is 0 Å². The fourth-order valence-electron chi connectivity index (χ4n) is 3.53. The lowest BCUT2D eigenvalue weighted by Gasteiger charge is -2.29. The van der Waals surface area contributed by atoms with E-state index in [1.54, 1.807) is 6.07 Å². The van der Waals surface area contributed by atoms with Gasteiger partial charge >= 0.3 is 6.18 Å². The standard InChI is InChI=1S/C24H20ClF3N6O2S/c1-15(23(36)29-13-16-6-3-2-4-7-16)34(17-9-10-19(25)18(12-17)24(26,27)28)21(35)14-33-31-22(30-32-33)20-8-5-11-37-20/h2-12,15H,13-14H2,1H3,(H,29,36)/t15-/m0/s1. The number of nitrogens with one attached hydrogen (secondary N) is 1. The van der Waals surface area contributed by atoms with Gasteiger partial charge in [0.05, 0.1) is 15.5 Å². The number of amides is 2. The summed E-state index contributed by atoms with van der Waals surface area (Å²) in [6.45, 7) is 1.14. The topological polar surface area (TPSA) is 93.0 Å². The van der Waals surface area contributed by atoms with Crippen molar-refractivity contribution in [2.45, 2.75) is 32.2 Å². The van der Waals surface area contributed by atoms with E-state index >= 15 is 0 Å². The molecule has 2 aromatic heterocycles. The number of thiophene rings is 1. The molecule has 4 aromatic rings. The van der Waals surface area contributed by atoms with Crippen LogP contribution in [0.3, 0.4) is 0 Å². The lowest BCUT2D eigenvalue weighted by molar-refractivity contribution is -0.137. The summed E-state index contributed by atoms with van der Waals surface area (Å²) in [5.41, 5.74) is -0.456. The molecule has 1 atom stereocenters. The van der Waals surface area contributed by atoms with Gasteiger partial charge in [-0.1, -0.05) is 48.0 Å². The number of hydrogen-bond acceptors (Lipinski definition) is 6. The monoisotopic (exact) mass is 548 g/mol. The molecule has 1 N–H and O–H groups in total. The molecule has 8 nitrogen and oxygen atoms in total. The number of halogens is 4. The van der Waals surface area contributed by atoms with Gasteiger partial charge in [-0.15, -0.1) is 21.5 Å². The van der Waals surface area contributed by atoms with E-state index in [1.807, 2.05) is 41.8 Å². The van der Waals surface area contributed by atoms with E-state index in [4.69, 9.17) is 11.6 Å². The van der Waals surface area contributed by atoms with Gasteiger partial charge in [0.1, 0.15) is 12.6 Å². The molecule has 4 rings (SSSR count). The van der Waals surface area contributed by atoms with E-state index < -0.39 is 41.2 Å². The summed E-state index contributed by atoms with van der Waals surface area (Å²) in [5.74, 6) is -0.978. The maximum atomic E-state index is 13.5. The van der Waals surface area contributed by atoms with Crippen molar-refractivity contribution in [1.82, 2.24) is 25.5 Å². The van der Waals surface area contributed by atoms with Crippen LogP contribution in [0.1, 0.15) is 18.1 Å². The molecule has 0 bridgehead atoms. The van der Waals surface area contributed by atoms with E-state index in [9.17, 15) is 22.8 Å². The van der Waals surface area contributed by atoms with Gasteiger partial charge in [-0.3, -0.25) is 14.5 Å². The number of alkyl halides is 3. The highest BCUT2D eigenvalue weighted by atomic mass is 35.5. The molecule has 0 aliphatic rings. The summed E-state index contributed by atoms with van der Waals surface area (Å²) in [5, 5.41) is 16.0. The number of benzene rings is 2. The normalized spacial score (nSPS) is 12.2. The SMILES string of the molecule is C[C@@H](C(=O)NCc1ccccc1)N(C(=O)Cn1nnc(-c2cccs2)n1)c1ccc(Cl)c(C(F)(F)F)c1. The Hall–Kier alpha value is -3.77. The molecule has 2 aromatic carbocycles. The number of rotatable bonds is 8. The molecule has 0 unspecified atom stereocenters. The van der Waals surface area contributed by atoms with Crippen molar-refractivity contribution in [3.8, 4) is 10.7 Å². The lowest BCUT2D eigenvalue weighted by atomic mass is 10.1. The summed E-state index contributed by atoms with van der Waals surface area (Å²) in [6, 6.07) is 14.5. The number of tetrazole rings is 1. The third-order valence-corrected chi connectivity index (χ3v) is 6.54. The summed E-state index contributed by atoms with van der Waals surface area (Å²) in [4.78, 5) is 29.1. The molecule has 0 aliphatic carbocycles. The number of aromatic nitrogens is 4. The van der Waals surface area contributed by atoms with Gasteiger partial charge in [0.2, 0.25) is 11.7 Å². The maximum Gasteiger partial charge on any atom is 0.417 e. The zero-order valence-electron chi connectivity index (χ0n) is 19.3. The van der Waals surface area contributed by atoms with E-state index in [0.29, 0.717) is 5.82 Å². The molecular weight excluding hydrogens is 529 g/mol. The van der Waals surface area contributed by atoms with Crippen LogP contribution in [0.4, 0.5) is 18.9 Å². The summed E-state index contributed by atoms with van der Waals surface area (Å²) < 4.78 is 40.6. The van der Waals surface area contributed by atoms with Gasteiger partial charge in [0, 0.05) is 12.2 Å². The van der Waals surface area contributed by atoms with Crippen LogP contribution in [0.2, 0.25) is 5.02 Å². The molecule has 13 heteroatoms. The Balaban J connectivity index is 1.61. The molecule has 2 heterocycles. The first kappa shape index (κ1) is 26.3. The Morgan fingerprint density at radius 2 is 1.89 bits per heavy atom. The van der Waals surface area contributed by atoms with Crippen molar-refractivity contribution in [3.63, 3.8) is 0 Å². The molecule has 37 heavy (non-hydrogen) atoms. The zero-order valence-corrected chi connectivity index (χ0v) is 20.9. The fraction of sp³-hybridized carbons (Fsp3) is 0.208. The summed E-state index contributed by atoms with van der Waals surface area (Å²) >= 11 is 7.16. The molecule has 2 amide bonds. The van der Waals surface area contributed by atoms with E-state index in [1.165, 1.54) is 24.3 Å². The first-order valence-corrected chi connectivity index (χ1v) is 12.2. The van der Waals surface area contributed by atoms with Gasteiger partial charge in [-0.2, -0.15) is 18.0 Å². The van der Waals surface area contributed by atoms with Gasteiger partial charge in [-0.25, -0.2) is 0 Å². The molecule has 0 spiro atoms. The van der Waals surface area contributed by atoms with Crippen LogP contribution in [0.5, 0.6) is 0 Å². The van der Waals surface area contributed by atoms with Gasteiger partial charge in [0.25, 0.3) is 5.91 Å². The van der Waals surface area contributed by atoms with Crippen LogP contribution in [-0.2, 0) is 28.9 Å². The van der Waals surface area contributed by atoms with Crippen molar-refractivity contribution in [1.29, 1.82) is 0 Å². The third kappa shape index (κ3) is 6.33. The average Bonchev–Trinajstić information content (AvgIpc) is 3.56. The summed E-state index contributed by atoms with van der Waals surface area (Å²) in [6.07, 6.45) is -4.76. The highest BCUT2D eigenvalue weighted by Gasteiger charge is 2.35. The predicted molar refractivity (Wildman–Crippen MR) is 133 cm³/mol. The number of anilines is 1. The first-order chi connectivity index (χ1) is 17.6. The van der Waals surface area contributed by atoms with E-state index in [2.05, 4.69) is 20.7 Å². The Bertz CT molecular complexity index is 1380. The van der Waals surface area contributed by atoms with E-state index in [0.717, 1.165) is 32.3 Å². The van der Waals surface area contributed by atoms with Crippen LogP contribution >= 0.6 is 22.9 Å². The van der Waals surface area contributed by atoms with Crippen LogP contribution in [-0.4, -0.2) is 38.1 Å². The fourth-order valence-corrected chi connectivity index (χ4v) is 4.40. The van der Waals surface area contributed by atoms with Gasteiger partial charge < -0.3 is 5.32 Å². The molecule has 192 valence electrons. The second kappa shape index (κ2) is 11.1. The highest BCUT2D eigenvalue weighted by molar-refractivity contribution is 7.13. The highest BCUT2D eigenvalue weighted by Crippen LogP contribution is 2.37. The second-order valence-electron chi connectivity index (χ2n) is 7.93. The minimum atomic E-state index is -4.76. The average molecular weight is 549 g/mol. The number of nitrogens with zero attached hydrogens (tertiary/aromatic N) is 5. The van der Waals surface area contributed by atoms with Crippen LogP contribution < -0.4 is 10.2 Å². The Kier molecular flexibility index (Phi) is 7.89. The molecule has 0 saturated carbocycles. The summed E-state index contributed by atoms with van der Waals surface area (Å²) in [7, 11) is 0. The second-order valence-corrected chi connectivity index (χ2v) is 9.28. The van der Waals surface area contributed by atoms with Crippen LogP contribution in [0.25, 0.3) is 10.7 Å². The minimum Gasteiger partial charge on any atom is -0.350 e. The smallest absolute Gasteiger partial charge is 0.350 e. The molecule has 0 radical (unpaired) electrons. The maximum absolute atomic E-state index is 13.5. The quantitative estimate of drug-likeness (QED) is 0.341. The molecule has 0 fully saturated rings. The van der Waals surface area contributed by atoms with Crippen molar-refractivity contribution < 1.29 is 22.8 Å². The Morgan fingerprint density at radius 1 is 1.14 bits per heavy atom. The van der Waals surface area contributed by atoms with Crippen LogP contribution in [0.15, 0.2) is 66.0 Å². The molecule has 0 saturated heterocycles. The van der Waals surface area contributed by atoms with Crippen molar-refractivity contribution in [2.24, 2.45) is 0 Å². The van der Waals surface area contributed by atoms with Crippen molar-refractivity contribution >= 4 is 40.4 Å². The third-order valence-electron chi connectivity index (χ3n) is 5.35. The molecular formula is C24H20ClF3N6O2S. The number of carbonyl (C=O) groups excluding carboxylic acids is 2. The van der Waals surface area contributed by atoms with Crippen LogP contribution in [0, 0.1) is 0 Å². The van der Waals surface area contributed by atoms with Crippen molar-refractivity contribution in [3.05, 3.63) is 82.2 Å². The van der Waals surface area contributed by atoms with Crippen molar-refractivity contribution in [2.75, 3.05) is 4.90 Å². The number of carbonyl (C=O) groups is 2. The first-order valence-electron chi connectivity index (χ1n) is 11.0. The Morgan fingerprint density at radius 3 is 2.57 bits per heavy atom. The Labute approximate surface area is 218 Å². The predicted octanol–water partition coefficient (Wildman–Crippen LogP) is 4.81. The zero-order chi connectivity index (χ0) is 26.6. The largest absolute Gasteiger partial charge is 0.417 e.